The second-order valence-electron chi connectivity index (χ2n) is 7.31. The van der Waals surface area contributed by atoms with Gasteiger partial charge in [-0.25, -0.2) is 15.0 Å². The molecule has 0 fully saturated rings. The van der Waals surface area contributed by atoms with Crippen molar-refractivity contribution in [3.8, 4) is 17.3 Å². The van der Waals surface area contributed by atoms with E-state index in [1.54, 1.807) is 22.8 Å². The van der Waals surface area contributed by atoms with Crippen LogP contribution in [-0.4, -0.2) is 24.5 Å². The Labute approximate surface area is 188 Å². The number of hydrogen-bond donors (Lipinski definition) is 2. The van der Waals surface area contributed by atoms with Gasteiger partial charge in [-0.1, -0.05) is 12.1 Å². The molecule has 10 heteroatoms. The Morgan fingerprint density at radius 1 is 1.16 bits per heavy atom. The summed E-state index contributed by atoms with van der Waals surface area (Å²) in [6.07, 6.45) is 1.52. The van der Waals surface area contributed by atoms with E-state index in [1.807, 2.05) is 39.0 Å². The number of fused-ring (bicyclic) bond motifs is 1. The zero-order valence-corrected chi connectivity index (χ0v) is 18.5. The summed E-state index contributed by atoms with van der Waals surface area (Å²) in [6, 6.07) is 12.9. The molecule has 0 saturated heterocycles. The first-order valence-electron chi connectivity index (χ1n) is 9.83. The van der Waals surface area contributed by atoms with Gasteiger partial charge in [0.1, 0.15) is 23.1 Å². The van der Waals surface area contributed by atoms with Gasteiger partial charge < -0.3 is 10.5 Å². The zero-order chi connectivity index (χ0) is 22.8. The summed E-state index contributed by atoms with van der Waals surface area (Å²) < 4.78 is 4.72. The van der Waals surface area contributed by atoms with Crippen LogP contribution in [0.1, 0.15) is 31.1 Å². The second-order valence-corrected chi connectivity index (χ2v) is 8.16. The minimum absolute atomic E-state index is 0.0876. The number of nitrogens with two attached hydrogens (primary N) is 1. The van der Waals surface area contributed by atoms with Gasteiger partial charge in [0.15, 0.2) is 5.65 Å². The highest BCUT2D eigenvalue weighted by molar-refractivity contribution is 8.00. The number of anilines is 2. The Morgan fingerprint density at radius 2 is 1.94 bits per heavy atom. The first-order chi connectivity index (χ1) is 15.4. The van der Waals surface area contributed by atoms with Gasteiger partial charge in [0.2, 0.25) is 5.95 Å². The summed E-state index contributed by atoms with van der Waals surface area (Å²) in [5, 5.41) is 9.24. The highest BCUT2D eigenvalue weighted by Gasteiger charge is 2.18. The van der Waals surface area contributed by atoms with Crippen LogP contribution in [0, 0.1) is 18.3 Å². The second kappa shape index (κ2) is 8.64. The number of rotatable bonds is 5. The molecule has 0 aliphatic rings. The fraction of sp³-hybridized carbons (Fsp3) is 0.182. The number of aromatic nitrogens is 5. The highest BCUT2D eigenvalue weighted by Crippen LogP contribution is 2.26. The summed E-state index contributed by atoms with van der Waals surface area (Å²) in [7, 11) is 0. The number of benzene rings is 1. The Kier molecular flexibility index (Phi) is 5.75. The van der Waals surface area contributed by atoms with E-state index in [1.165, 1.54) is 18.1 Å². The van der Waals surface area contributed by atoms with Gasteiger partial charge in [0, 0.05) is 22.2 Å². The van der Waals surface area contributed by atoms with Crippen LogP contribution in [0.25, 0.3) is 22.4 Å². The van der Waals surface area contributed by atoms with Crippen LogP contribution in [0.5, 0.6) is 0 Å². The molecule has 0 aliphatic heterocycles. The van der Waals surface area contributed by atoms with Crippen molar-refractivity contribution in [3.05, 3.63) is 64.2 Å². The molecule has 0 unspecified atom stereocenters. The molecule has 0 aliphatic carbocycles. The molecule has 1 aromatic carbocycles. The van der Waals surface area contributed by atoms with Gasteiger partial charge in [0.05, 0.1) is 11.8 Å². The fourth-order valence-electron chi connectivity index (χ4n) is 3.29. The number of nitrogen functional groups attached to an aromatic ring is 1. The normalized spacial score (nSPS) is 11.0. The van der Waals surface area contributed by atoms with Crippen LogP contribution in [-0.2, 0) is 0 Å². The summed E-state index contributed by atoms with van der Waals surface area (Å²) in [5.41, 5.74) is 8.45. The molecule has 3 aromatic heterocycles. The van der Waals surface area contributed by atoms with Crippen molar-refractivity contribution in [1.29, 1.82) is 5.26 Å². The van der Waals surface area contributed by atoms with Gasteiger partial charge in [-0.2, -0.15) is 10.2 Å². The minimum Gasteiger partial charge on any atom is -0.368 e. The molecule has 4 rings (SSSR count). The molecular weight excluding hydrogens is 424 g/mol. The fourth-order valence-corrected chi connectivity index (χ4v) is 3.99. The number of nitriles is 1. The Bertz CT molecular complexity index is 1420. The molecule has 0 atom stereocenters. The van der Waals surface area contributed by atoms with Crippen LogP contribution in [0.3, 0.4) is 0 Å². The predicted octanol–water partition coefficient (Wildman–Crippen LogP) is 3.71. The maximum absolute atomic E-state index is 13.3. The quantitative estimate of drug-likeness (QED) is 0.441. The van der Waals surface area contributed by atoms with Gasteiger partial charge >= 0.3 is 0 Å². The number of aryl methyl sites for hydroxylation is 1. The van der Waals surface area contributed by atoms with E-state index in [0.29, 0.717) is 33.8 Å². The summed E-state index contributed by atoms with van der Waals surface area (Å²) >= 11 is 1.30. The Hall–Kier alpha value is -3.97. The standard InChI is InChI=1S/C22H20N8OS/c1-12(2)30-20-16(11-25-22(24)28-20)27-19(21(30)31)15-8-9-18(26-13(15)3)29-32-17-7-5-4-6-14(17)10-23/h4-9,11-12H,1-3H3,(H,26,29)(H2,24,25,28). The third-order valence-electron chi connectivity index (χ3n) is 4.78. The van der Waals surface area contributed by atoms with E-state index in [0.717, 1.165) is 4.90 Å². The molecule has 0 spiro atoms. The monoisotopic (exact) mass is 444 g/mol. The zero-order valence-electron chi connectivity index (χ0n) is 17.7. The van der Waals surface area contributed by atoms with E-state index in [-0.39, 0.29) is 23.2 Å². The Balaban J connectivity index is 1.72. The molecule has 160 valence electrons. The van der Waals surface area contributed by atoms with Crippen molar-refractivity contribution in [2.45, 2.75) is 31.7 Å². The number of nitrogens with zero attached hydrogens (tertiary/aromatic N) is 6. The molecule has 3 heterocycles. The predicted molar refractivity (Wildman–Crippen MR) is 125 cm³/mol. The largest absolute Gasteiger partial charge is 0.368 e. The molecule has 3 N–H and O–H groups in total. The minimum atomic E-state index is -0.270. The van der Waals surface area contributed by atoms with Crippen molar-refractivity contribution < 1.29 is 0 Å². The van der Waals surface area contributed by atoms with Gasteiger partial charge in [-0.05, 0) is 57.0 Å². The number of nitrogens with one attached hydrogen (secondary N) is 1. The van der Waals surface area contributed by atoms with E-state index in [2.05, 4.69) is 30.7 Å². The smallest absolute Gasteiger partial charge is 0.279 e. The van der Waals surface area contributed by atoms with Crippen molar-refractivity contribution in [2.75, 3.05) is 10.5 Å². The van der Waals surface area contributed by atoms with E-state index in [9.17, 15) is 10.1 Å². The molecule has 0 saturated carbocycles. The van der Waals surface area contributed by atoms with Crippen LogP contribution in [0.15, 0.2) is 52.3 Å². The van der Waals surface area contributed by atoms with Gasteiger partial charge in [0.25, 0.3) is 5.56 Å². The molecule has 32 heavy (non-hydrogen) atoms. The first-order valence-corrected chi connectivity index (χ1v) is 10.7. The third kappa shape index (κ3) is 3.98. The lowest BCUT2D eigenvalue weighted by atomic mass is 10.1. The lowest BCUT2D eigenvalue weighted by Gasteiger charge is -2.15. The SMILES string of the molecule is Cc1nc(NSc2ccccc2C#N)ccc1-c1nc2cnc(N)nc2n(C(C)C)c1=O. The highest BCUT2D eigenvalue weighted by atomic mass is 32.2. The third-order valence-corrected chi connectivity index (χ3v) is 5.67. The average molecular weight is 445 g/mol. The maximum Gasteiger partial charge on any atom is 0.279 e. The number of hydrogen-bond acceptors (Lipinski definition) is 9. The molecule has 9 nitrogen and oxygen atoms in total. The molecular formula is C22H20N8OS. The average Bonchev–Trinajstić information content (AvgIpc) is 2.77. The van der Waals surface area contributed by atoms with Crippen molar-refractivity contribution in [3.63, 3.8) is 0 Å². The molecule has 0 radical (unpaired) electrons. The van der Waals surface area contributed by atoms with Crippen LogP contribution >= 0.6 is 11.9 Å². The lowest BCUT2D eigenvalue weighted by Crippen LogP contribution is -2.26. The summed E-state index contributed by atoms with van der Waals surface area (Å²) in [6.45, 7) is 5.62. The van der Waals surface area contributed by atoms with Crippen LogP contribution < -0.4 is 16.0 Å². The number of pyridine rings is 1. The Morgan fingerprint density at radius 3 is 2.66 bits per heavy atom. The molecule has 0 amide bonds. The van der Waals surface area contributed by atoms with Gasteiger partial charge in [-0.15, -0.1) is 0 Å². The first kappa shape index (κ1) is 21.3. The van der Waals surface area contributed by atoms with E-state index >= 15 is 0 Å². The molecule has 0 bridgehead atoms. The van der Waals surface area contributed by atoms with Crippen LogP contribution in [0.4, 0.5) is 11.8 Å². The maximum atomic E-state index is 13.3. The van der Waals surface area contributed by atoms with Crippen molar-refractivity contribution in [2.24, 2.45) is 0 Å². The topological polar surface area (TPSA) is 135 Å². The van der Waals surface area contributed by atoms with E-state index in [4.69, 9.17) is 5.73 Å². The van der Waals surface area contributed by atoms with Crippen molar-refractivity contribution in [1.82, 2.24) is 24.5 Å². The van der Waals surface area contributed by atoms with Gasteiger partial charge in [-0.3, -0.25) is 9.36 Å². The lowest BCUT2D eigenvalue weighted by molar-refractivity contribution is 0.593. The van der Waals surface area contributed by atoms with E-state index < -0.39 is 0 Å². The summed E-state index contributed by atoms with van der Waals surface area (Å²) in [5.74, 6) is 0.690. The van der Waals surface area contributed by atoms with Crippen molar-refractivity contribution >= 4 is 34.9 Å². The van der Waals surface area contributed by atoms with Crippen LogP contribution in [0.2, 0.25) is 0 Å². The summed E-state index contributed by atoms with van der Waals surface area (Å²) in [4.78, 5) is 31.4. The molecule has 4 aromatic rings.